The van der Waals surface area contributed by atoms with Crippen LogP contribution in [0, 0.1) is 5.82 Å². The lowest BCUT2D eigenvalue weighted by molar-refractivity contribution is -0.119. The van der Waals surface area contributed by atoms with Gasteiger partial charge in [-0.3, -0.25) is 19.3 Å². The number of nitrogens with zero attached hydrogens (tertiary/aromatic N) is 2. The molecule has 2 aliphatic rings. The predicted octanol–water partition coefficient (Wildman–Crippen LogP) is 4.35. The maximum absolute atomic E-state index is 13.5. The van der Waals surface area contributed by atoms with Crippen molar-refractivity contribution in [2.24, 2.45) is 0 Å². The number of anilines is 1. The molecule has 6 heteroatoms. The number of imide groups is 1. The van der Waals surface area contributed by atoms with Gasteiger partial charge in [-0.1, -0.05) is 18.6 Å². The topological polar surface area (TPSA) is 57.7 Å². The highest BCUT2D eigenvalue weighted by Gasteiger charge is 2.34. The van der Waals surface area contributed by atoms with E-state index >= 15 is 0 Å². The van der Waals surface area contributed by atoms with Gasteiger partial charge in [0.2, 0.25) is 5.91 Å². The normalized spacial score (nSPS) is 17.9. The van der Waals surface area contributed by atoms with E-state index in [0.717, 1.165) is 30.5 Å². The van der Waals surface area contributed by atoms with Crippen molar-refractivity contribution in [2.75, 3.05) is 11.4 Å². The Labute approximate surface area is 175 Å². The van der Waals surface area contributed by atoms with E-state index in [1.807, 2.05) is 6.92 Å². The molecule has 30 heavy (non-hydrogen) atoms. The van der Waals surface area contributed by atoms with Crippen LogP contribution in [0.3, 0.4) is 0 Å². The van der Waals surface area contributed by atoms with E-state index in [9.17, 15) is 18.8 Å². The number of rotatable bonds is 6. The van der Waals surface area contributed by atoms with Crippen LogP contribution >= 0.6 is 0 Å². The number of carbonyl (C=O) groups is 3. The van der Waals surface area contributed by atoms with Gasteiger partial charge in [-0.15, -0.1) is 0 Å². The van der Waals surface area contributed by atoms with Crippen LogP contribution in [0.2, 0.25) is 0 Å². The second kappa shape index (κ2) is 8.38. The maximum Gasteiger partial charge on any atom is 0.261 e. The molecule has 0 saturated carbocycles. The molecular formula is C24H25FN2O3. The molecule has 4 rings (SSSR count). The van der Waals surface area contributed by atoms with Gasteiger partial charge in [0.05, 0.1) is 11.1 Å². The van der Waals surface area contributed by atoms with Gasteiger partial charge in [0.25, 0.3) is 11.8 Å². The Kier molecular flexibility index (Phi) is 5.66. The van der Waals surface area contributed by atoms with Crippen molar-refractivity contribution in [3.05, 3.63) is 65.0 Å². The number of fused-ring (bicyclic) bond motifs is 2. The Balaban J connectivity index is 1.28. The summed E-state index contributed by atoms with van der Waals surface area (Å²) in [5.74, 6) is -0.713. The van der Waals surface area contributed by atoms with Gasteiger partial charge in [0.1, 0.15) is 5.82 Å². The van der Waals surface area contributed by atoms with Crippen LogP contribution in [-0.4, -0.2) is 35.2 Å². The lowest BCUT2D eigenvalue weighted by Crippen LogP contribution is -2.42. The first-order chi connectivity index (χ1) is 14.5. The second-order valence-corrected chi connectivity index (χ2v) is 8.04. The molecule has 5 nitrogen and oxygen atoms in total. The Hall–Kier alpha value is -3.02. The summed E-state index contributed by atoms with van der Waals surface area (Å²) in [6.45, 7) is 2.38. The molecule has 0 aliphatic carbocycles. The molecule has 1 atom stereocenters. The summed E-state index contributed by atoms with van der Waals surface area (Å²) in [5, 5.41) is 0. The third-order valence-corrected chi connectivity index (χ3v) is 5.99. The zero-order chi connectivity index (χ0) is 21.3. The molecule has 0 saturated heterocycles. The third-order valence-electron chi connectivity index (χ3n) is 5.99. The molecular weight excluding hydrogens is 383 g/mol. The number of unbranched alkanes of at least 4 members (excludes halogenated alkanes) is 2. The Bertz CT molecular complexity index is 969. The number of halogens is 1. The molecule has 2 aromatic rings. The van der Waals surface area contributed by atoms with E-state index in [2.05, 4.69) is 0 Å². The Morgan fingerprint density at radius 1 is 1.03 bits per heavy atom. The SMILES string of the molecule is C[C@@H]1CCc2cc(F)ccc2N1C(=O)CCCCCN1C(=O)c2ccccc2C1=O. The molecule has 2 heterocycles. The first kappa shape index (κ1) is 20.3. The molecule has 0 bridgehead atoms. The molecule has 0 fully saturated rings. The highest BCUT2D eigenvalue weighted by atomic mass is 19.1. The van der Waals surface area contributed by atoms with Crippen molar-refractivity contribution < 1.29 is 18.8 Å². The van der Waals surface area contributed by atoms with Gasteiger partial charge in [-0.2, -0.15) is 0 Å². The molecule has 0 radical (unpaired) electrons. The lowest BCUT2D eigenvalue weighted by Gasteiger charge is -2.35. The average Bonchev–Trinajstić information content (AvgIpc) is 2.98. The van der Waals surface area contributed by atoms with Crippen molar-refractivity contribution in [3.63, 3.8) is 0 Å². The van der Waals surface area contributed by atoms with Crippen LogP contribution in [0.15, 0.2) is 42.5 Å². The number of carbonyl (C=O) groups excluding carboxylic acids is 3. The first-order valence-electron chi connectivity index (χ1n) is 10.5. The number of amides is 3. The lowest BCUT2D eigenvalue weighted by atomic mass is 9.96. The van der Waals surface area contributed by atoms with Crippen LogP contribution in [0.1, 0.15) is 65.3 Å². The minimum atomic E-state index is -0.274. The molecule has 0 unspecified atom stereocenters. The van der Waals surface area contributed by atoms with Gasteiger partial charge in [0.15, 0.2) is 0 Å². The van der Waals surface area contributed by atoms with E-state index in [1.165, 1.54) is 17.0 Å². The first-order valence-corrected chi connectivity index (χ1v) is 10.5. The highest BCUT2D eigenvalue weighted by Crippen LogP contribution is 2.32. The van der Waals surface area contributed by atoms with Gasteiger partial charge in [-0.05, 0) is 68.5 Å². The Morgan fingerprint density at radius 3 is 2.43 bits per heavy atom. The van der Waals surface area contributed by atoms with Crippen LogP contribution < -0.4 is 4.90 Å². The van der Waals surface area contributed by atoms with E-state index in [1.54, 1.807) is 35.2 Å². The number of hydrogen-bond donors (Lipinski definition) is 0. The monoisotopic (exact) mass is 408 g/mol. The molecule has 0 N–H and O–H groups in total. The number of benzene rings is 2. The largest absolute Gasteiger partial charge is 0.309 e. The molecule has 3 amide bonds. The van der Waals surface area contributed by atoms with E-state index in [-0.39, 0.29) is 29.6 Å². The minimum absolute atomic E-state index is 0.0378. The van der Waals surface area contributed by atoms with Gasteiger partial charge in [-0.25, -0.2) is 4.39 Å². The summed E-state index contributed by atoms with van der Waals surface area (Å²) < 4.78 is 13.5. The summed E-state index contributed by atoms with van der Waals surface area (Å²) in [4.78, 5) is 40.7. The van der Waals surface area contributed by atoms with Crippen LogP contribution in [0.4, 0.5) is 10.1 Å². The second-order valence-electron chi connectivity index (χ2n) is 8.04. The minimum Gasteiger partial charge on any atom is -0.309 e. The predicted molar refractivity (Wildman–Crippen MR) is 112 cm³/mol. The summed E-state index contributed by atoms with van der Waals surface area (Å²) >= 11 is 0. The fraction of sp³-hybridized carbons (Fsp3) is 0.375. The van der Waals surface area contributed by atoms with Gasteiger partial charge < -0.3 is 4.90 Å². The standard InChI is InChI=1S/C24H25FN2O3/c1-16-10-11-17-15-18(25)12-13-21(17)27(16)22(28)9-3-2-6-14-26-23(29)19-7-4-5-8-20(19)24(26)30/h4-5,7-8,12-13,15-16H,2-3,6,9-11,14H2,1H3/t16-/m1/s1. The molecule has 0 spiro atoms. The summed E-state index contributed by atoms with van der Waals surface area (Å²) in [6, 6.07) is 11.6. The van der Waals surface area contributed by atoms with Gasteiger partial charge >= 0.3 is 0 Å². The van der Waals surface area contributed by atoms with Crippen molar-refractivity contribution in [1.29, 1.82) is 0 Å². The number of hydrogen-bond acceptors (Lipinski definition) is 3. The molecule has 0 aromatic heterocycles. The van der Waals surface area contributed by atoms with Crippen LogP contribution in [0.5, 0.6) is 0 Å². The molecule has 2 aromatic carbocycles. The summed E-state index contributed by atoms with van der Waals surface area (Å²) in [5.41, 5.74) is 2.62. The zero-order valence-electron chi connectivity index (χ0n) is 17.1. The van der Waals surface area contributed by atoms with E-state index in [4.69, 9.17) is 0 Å². The molecule has 2 aliphatic heterocycles. The quantitative estimate of drug-likeness (QED) is 0.527. The fourth-order valence-electron chi connectivity index (χ4n) is 4.39. The fourth-order valence-corrected chi connectivity index (χ4v) is 4.39. The summed E-state index contributed by atoms with van der Waals surface area (Å²) in [7, 11) is 0. The smallest absolute Gasteiger partial charge is 0.261 e. The van der Waals surface area contributed by atoms with E-state index in [0.29, 0.717) is 36.9 Å². The summed E-state index contributed by atoms with van der Waals surface area (Å²) in [6.07, 6.45) is 4.08. The van der Waals surface area contributed by atoms with Crippen molar-refractivity contribution >= 4 is 23.4 Å². The third kappa shape index (κ3) is 3.74. The van der Waals surface area contributed by atoms with E-state index < -0.39 is 0 Å². The van der Waals surface area contributed by atoms with Crippen molar-refractivity contribution in [1.82, 2.24) is 4.90 Å². The average molecular weight is 408 g/mol. The van der Waals surface area contributed by atoms with Gasteiger partial charge in [0, 0.05) is 24.7 Å². The molecule has 156 valence electrons. The number of aryl methyl sites for hydroxylation is 1. The maximum atomic E-state index is 13.5. The van der Waals surface area contributed by atoms with Crippen LogP contribution in [-0.2, 0) is 11.2 Å². The van der Waals surface area contributed by atoms with Crippen molar-refractivity contribution in [3.8, 4) is 0 Å². The van der Waals surface area contributed by atoms with Crippen molar-refractivity contribution in [2.45, 2.75) is 51.5 Å². The zero-order valence-corrected chi connectivity index (χ0v) is 17.1. The van der Waals surface area contributed by atoms with Crippen LogP contribution in [0.25, 0.3) is 0 Å². The highest BCUT2D eigenvalue weighted by molar-refractivity contribution is 6.21. The Morgan fingerprint density at radius 2 is 1.73 bits per heavy atom.